The molecule has 1 aromatic carbocycles. The second-order valence-corrected chi connectivity index (χ2v) is 4.71. The average molecular weight is 258 g/mol. The zero-order valence-corrected chi connectivity index (χ0v) is 10.5. The Balaban J connectivity index is 1.75. The van der Waals surface area contributed by atoms with Gasteiger partial charge in [0.25, 0.3) is 0 Å². The quantitative estimate of drug-likeness (QED) is 0.822. The lowest BCUT2D eigenvalue weighted by Gasteiger charge is -2.26. The third-order valence-corrected chi connectivity index (χ3v) is 3.33. The van der Waals surface area contributed by atoms with Gasteiger partial charge >= 0.3 is 0 Å². The Morgan fingerprint density at radius 3 is 2.76 bits per heavy atom. The van der Waals surface area contributed by atoms with Gasteiger partial charge in [0.15, 0.2) is 0 Å². The van der Waals surface area contributed by atoms with Gasteiger partial charge in [-0.25, -0.2) is 4.39 Å². The van der Waals surface area contributed by atoms with Gasteiger partial charge in [-0.15, -0.1) is 0 Å². The molecule has 0 radical (unpaired) electrons. The van der Waals surface area contributed by atoms with E-state index in [1.165, 1.54) is 6.07 Å². The predicted molar refractivity (Wildman–Crippen MR) is 67.0 cm³/mol. The maximum Gasteiger partial charge on any atom is 0.142 e. The van der Waals surface area contributed by atoms with Gasteiger partial charge in [-0.05, 0) is 37.1 Å². The summed E-state index contributed by atoms with van der Waals surface area (Å²) in [5.41, 5.74) is 1.01. The lowest BCUT2D eigenvalue weighted by atomic mass is 10.1. The van der Waals surface area contributed by atoms with Crippen LogP contribution in [0.3, 0.4) is 0 Å². The van der Waals surface area contributed by atoms with Crippen LogP contribution in [0.15, 0.2) is 18.2 Å². The standard InChI is InChI=1S/C13H17ClFNO/c14-12-4-3-11(10-13(12)15)2-1-5-16-6-8-17-9-7-16/h3-4,10H,1-2,5-9H2. The van der Waals surface area contributed by atoms with Crippen LogP contribution in [0.2, 0.25) is 5.02 Å². The van der Waals surface area contributed by atoms with Crippen molar-refractivity contribution in [2.24, 2.45) is 0 Å². The summed E-state index contributed by atoms with van der Waals surface area (Å²) in [5, 5.41) is 0.196. The molecule has 2 rings (SSSR count). The van der Waals surface area contributed by atoms with Crippen LogP contribution in [-0.2, 0) is 11.2 Å². The number of benzene rings is 1. The van der Waals surface area contributed by atoms with Crippen LogP contribution in [-0.4, -0.2) is 37.7 Å². The summed E-state index contributed by atoms with van der Waals surface area (Å²) in [6.45, 7) is 4.72. The molecule has 17 heavy (non-hydrogen) atoms. The molecular weight excluding hydrogens is 241 g/mol. The summed E-state index contributed by atoms with van der Waals surface area (Å²) in [7, 11) is 0. The minimum atomic E-state index is -0.324. The molecule has 1 aromatic rings. The number of halogens is 2. The van der Waals surface area contributed by atoms with Crippen LogP contribution in [0.25, 0.3) is 0 Å². The lowest BCUT2D eigenvalue weighted by Crippen LogP contribution is -2.36. The molecule has 1 aliphatic rings. The van der Waals surface area contributed by atoms with E-state index in [1.54, 1.807) is 6.07 Å². The van der Waals surface area contributed by atoms with Gasteiger partial charge in [0.05, 0.1) is 18.2 Å². The number of hydrogen-bond acceptors (Lipinski definition) is 2. The minimum Gasteiger partial charge on any atom is -0.379 e. The molecule has 0 atom stereocenters. The van der Waals surface area contributed by atoms with Gasteiger partial charge in [-0.1, -0.05) is 17.7 Å². The second-order valence-electron chi connectivity index (χ2n) is 4.31. The zero-order valence-electron chi connectivity index (χ0n) is 9.79. The van der Waals surface area contributed by atoms with Crippen molar-refractivity contribution in [3.05, 3.63) is 34.6 Å². The minimum absolute atomic E-state index is 0.196. The number of ether oxygens (including phenoxy) is 1. The van der Waals surface area contributed by atoms with Crippen molar-refractivity contribution in [3.63, 3.8) is 0 Å². The number of nitrogens with zero attached hydrogens (tertiary/aromatic N) is 1. The number of hydrogen-bond donors (Lipinski definition) is 0. The van der Waals surface area contributed by atoms with Crippen LogP contribution in [0.1, 0.15) is 12.0 Å². The second kappa shape index (κ2) is 6.34. The molecule has 1 aliphatic heterocycles. The number of aryl methyl sites for hydroxylation is 1. The summed E-state index contributed by atoms with van der Waals surface area (Å²) in [6.07, 6.45) is 1.94. The molecule has 1 saturated heterocycles. The van der Waals surface area contributed by atoms with Crippen molar-refractivity contribution < 1.29 is 9.13 Å². The Bertz CT molecular complexity index is 366. The molecule has 94 valence electrons. The summed E-state index contributed by atoms with van der Waals surface area (Å²) in [6, 6.07) is 5.05. The zero-order chi connectivity index (χ0) is 12.1. The molecule has 0 aliphatic carbocycles. The van der Waals surface area contributed by atoms with E-state index in [4.69, 9.17) is 16.3 Å². The smallest absolute Gasteiger partial charge is 0.142 e. The SMILES string of the molecule is Fc1cc(CCCN2CCOCC2)ccc1Cl. The monoisotopic (exact) mass is 257 g/mol. The first kappa shape index (κ1) is 12.8. The highest BCUT2D eigenvalue weighted by Crippen LogP contribution is 2.16. The van der Waals surface area contributed by atoms with Gasteiger partial charge in [-0.2, -0.15) is 0 Å². The van der Waals surface area contributed by atoms with Gasteiger partial charge < -0.3 is 4.74 Å². The fraction of sp³-hybridized carbons (Fsp3) is 0.538. The Labute approximate surface area is 106 Å². The summed E-state index contributed by atoms with van der Waals surface area (Å²) < 4.78 is 18.5. The molecule has 1 fully saturated rings. The van der Waals surface area contributed by atoms with Crippen LogP contribution in [0.5, 0.6) is 0 Å². The van der Waals surface area contributed by atoms with Crippen molar-refractivity contribution in [1.82, 2.24) is 4.90 Å². The highest BCUT2D eigenvalue weighted by atomic mass is 35.5. The molecule has 0 saturated carbocycles. The third kappa shape index (κ3) is 3.95. The Kier molecular flexibility index (Phi) is 4.77. The molecule has 0 N–H and O–H groups in total. The average Bonchev–Trinajstić information content (AvgIpc) is 2.35. The third-order valence-electron chi connectivity index (χ3n) is 3.03. The first-order chi connectivity index (χ1) is 8.25. The van der Waals surface area contributed by atoms with E-state index in [-0.39, 0.29) is 10.8 Å². The van der Waals surface area contributed by atoms with Crippen molar-refractivity contribution >= 4 is 11.6 Å². The van der Waals surface area contributed by atoms with E-state index in [0.29, 0.717) is 0 Å². The normalized spacial score (nSPS) is 17.3. The summed E-state index contributed by atoms with van der Waals surface area (Å²) in [4.78, 5) is 2.38. The predicted octanol–water partition coefficient (Wildman–Crippen LogP) is 2.74. The van der Waals surface area contributed by atoms with E-state index < -0.39 is 0 Å². The first-order valence-corrected chi connectivity index (χ1v) is 6.37. The Morgan fingerprint density at radius 2 is 2.06 bits per heavy atom. The largest absolute Gasteiger partial charge is 0.379 e. The highest BCUT2D eigenvalue weighted by molar-refractivity contribution is 6.30. The molecule has 0 aromatic heterocycles. The molecule has 0 amide bonds. The molecule has 0 bridgehead atoms. The maximum absolute atomic E-state index is 13.2. The molecular formula is C13H17ClFNO. The van der Waals surface area contributed by atoms with Crippen molar-refractivity contribution in [3.8, 4) is 0 Å². The molecule has 4 heteroatoms. The Hall–Kier alpha value is -0.640. The van der Waals surface area contributed by atoms with Gasteiger partial charge in [0, 0.05) is 13.1 Å². The highest BCUT2D eigenvalue weighted by Gasteiger charge is 2.09. The number of morpholine rings is 1. The van der Waals surface area contributed by atoms with Crippen molar-refractivity contribution in [1.29, 1.82) is 0 Å². The van der Waals surface area contributed by atoms with Crippen LogP contribution < -0.4 is 0 Å². The fourth-order valence-electron chi connectivity index (χ4n) is 2.03. The lowest BCUT2D eigenvalue weighted by molar-refractivity contribution is 0.0374. The van der Waals surface area contributed by atoms with E-state index in [1.807, 2.05) is 6.07 Å². The van der Waals surface area contributed by atoms with E-state index >= 15 is 0 Å². The van der Waals surface area contributed by atoms with Gasteiger partial charge in [0.2, 0.25) is 0 Å². The summed E-state index contributed by atoms with van der Waals surface area (Å²) >= 11 is 5.64. The molecule has 0 spiro atoms. The van der Waals surface area contributed by atoms with E-state index in [9.17, 15) is 4.39 Å². The number of rotatable bonds is 4. The fourth-order valence-corrected chi connectivity index (χ4v) is 2.14. The van der Waals surface area contributed by atoms with Crippen LogP contribution in [0.4, 0.5) is 4.39 Å². The van der Waals surface area contributed by atoms with Crippen molar-refractivity contribution in [2.45, 2.75) is 12.8 Å². The summed E-state index contributed by atoms with van der Waals surface area (Å²) in [5.74, 6) is -0.324. The molecule has 0 unspecified atom stereocenters. The maximum atomic E-state index is 13.2. The first-order valence-electron chi connectivity index (χ1n) is 6.00. The van der Waals surface area contributed by atoms with Gasteiger partial charge in [-0.3, -0.25) is 4.90 Å². The van der Waals surface area contributed by atoms with Crippen LogP contribution >= 0.6 is 11.6 Å². The van der Waals surface area contributed by atoms with Gasteiger partial charge in [0.1, 0.15) is 5.82 Å². The molecule has 1 heterocycles. The topological polar surface area (TPSA) is 12.5 Å². The van der Waals surface area contributed by atoms with Crippen molar-refractivity contribution in [2.75, 3.05) is 32.8 Å². The molecule has 2 nitrogen and oxygen atoms in total. The van der Waals surface area contributed by atoms with E-state index in [0.717, 1.165) is 51.3 Å². The Morgan fingerprint density at radius 1 is 1.29 bits per heavy atom. The van der Waals surface area contributed by atoms with Crippen LogP contribution in [0, 0.1) is 5.82 Å². The van der Waals surface area contributed by atoms with E-state index in [2.05, 4.69) is 4.90 Å².